The van der Waals surface area contributed by atoms with Crippen LogP contribution in [0.5, 0.6) is 0 Å². The third-order valence-corrected chi connectivity index (χ3v) is 3.85. The molecule has 1 fully saturated rings. The molecule has 0 aliphatic heterocycles. The Morgan fingerprint density at radius 2 is 2.40 bits per heavy atom. The lowest BCUT2D eigenvalue weighted by molar-refractivity contribution is 0.254. The maximum absolute atomic E-state index is 6.29. The van der Waals surface area contributed by atoms with E-state index in [1.165, 1.54) is 25.0 Å². The van der Waals surface area contributed by atoms with E-state index in [4.69, 9.17) is 5.73 Å². The minimum absolute atomic E-state index is 0.155. The van der Waals surface area contributed by atoms with Crippen molar-refractivity contribution >= 4 is 15.9 Å². The minimum Gasteiger partial charge on any atom is -0.322 e. The molecule has 1 atom stereocenters. The summed E-state index contributed by atoms with van der Waals surface area (Å²) in [5, 5.41) is 4.36. The van der Waals surface area contributed by atoms with E-state index >= 15 is 0 Å². The van der Waals surface area contributed by atoms with Crippen molar-refractivity contribution in [1.82, 2.24) is 9.78 Å². The Morgan fingerprint density at radius 1 is 1.67 bits per heavy atom. The second kappa shape index (κ2) is 4.66. The van der Waals surface area contributed by atoms with Crippen molar-refractivity contribution in [2.45, 2.75) is 45.2 Å². The molecule has 15 heavy (non-hydrogen) atoms. The highest BCUT2D eigenvalue weighted by atomic mass is 79.9. The molecule has 0 spiro atoms. The van der Waals surface area contributed by atoms with E-state index in [1.807, 2.05) is 10.9 Å². The number of hydrogen-bond donors (Lipinski definition) is 1. The maximum atomic E-state index is 6.29. The average Bonchev–Trinajstić information content (AvgIpc) is 2.45. The van der Waals surface area contributed by atoms with Gasteiger partial charge in [0.25, 0.3) is 0 Å². The highest BCUT2D eigenvalue weighted by Crippen LogP contribution is 2.38. The minimum atomic E-state index is 0.155. The van der Waals surface area contributed by atoms with Gasteiger partial charge in [0.1, 0.15) is 0 Å². The smallest absolute Gasteiger partial charge is 0.0696 e. The lowest BCUT2D eigenvalue weighted by Crippen LogP contribution is -2.29. The summed E-state index contributed by atoms with van der Waals surface area (Å²) in [5.74, 6) is 0.661. The SMILES string of the molecule is CCCn1ncc(Br)c1C(N)C1CCC1. The molecule has 0 amide bonds. The van der Waals surface area contributed by atoms with Crippen molar-refractivity contribution in [2.75, 3.05) is 0 Å². The summed E-state index contributed by atoms with van der Waals surface area (Å²) in [6.07, 6.45) is 6.83. The van der Waals surface area contributed by atoms with E-state index in [1.54, 1.807) is 0 Å². The fourth-order valence-corrected chi connectivity index (χ4v) is 2.68. The van der Waals surface area contributed by atoms with Crippen LogP contribution < -0.4 is 5.73 Å². The number of aryl methyl sites for hydroxylation is 1. The van der Waals surface area contributed by atoms with Gasteiger partial charge >= 0.3 is 0 Å². The zero-order chi connectivity index (χ0) is 10.8. The molecule has 1 saturated carbocycles. The predicted molar refractivity (Wildman–Crippen MR) is 64.5 cm³/mol. The lowest BCUT2D eigenvalue weighted by Gasteiger charge is -2.31. The summed E-state index contributed by atoms with van der Waals surface area (Å²) >= 11 is 3.55. The summed E-state index contributed by atoms with van der Waals surface area (Å²) in [6, 6.07) is 0.155. The summed E-state index contributed by atoms with van der Waals surface area (Å²) < 4.78 is 3.11. The number of aromatic nitrogens is 2. The van der Waals surface area contributed by atoms with Gasteiger partial charge in [-0.3, -0.25) is 4.68 Å². The molecular weight excluding hydrogens is 254 g/mol. The highest BCUT2D eigenvalue weighted by Gasteiger charge is 2.29. The van der Waals surface area contributed by atoms with E-state index in [9.17, 15) is 0 Å². The number of nitrogens with zero attached hydrogens (tertiary/aromatic N) is 2. The fraction of sp³-hybridized carbons (Fsp3) is 0.727. The van der Waals surface area contributed by atoms with Crippen LogP contribution in [0.3, 0.4) is 0 Å². The number of halogens is 1. The first-order valence-electron chi connectivity index (χ1n) is 5.70. The van der Waals surface area contributed by atoms with E-state index in [0.29, 0.717) is 5.92 Å². The molecule has 2 rings (SSSR count). The van der Waals surface area contributed by atoms with Gasteiger partial charge in [-0.2, -0.15) is 5.10 Å². The number of rotatable bonds is 4. The van der Waals surface area contributed by atoms with Crippen LogP contribution in [0.25, 0.3) is 0 Å². The van der Waals surface area contributed by atoms with Crippen LogP contribution in [0.1, 0.15) is 44.3 Å². The monoisotopic (exact) mass is 271 g/mol. The summed E-state index contributed by atoms with van der Waals surface area (Å²) in [5.41, 5.74) is 7.47. The topological polar surface area (TPSA) is 43.8 Å². The van der Waals surface area contributed by atoms with Gasteiger partial charge in [0.05, 0.1) is 22.4 Å². The molecule has 1 aromatic rings. The van der Waals surface area contributed by atoms with Crippen molar-refractivity contribution in [1.29, 1.82) is 0 Å². The average molecular weight is 272 g/mol. The van der Waals surface area contributed by atoms with Gasteiger partial charge in [0.15, 0.2) is 0 Å². The molecule has 84 valence electrons. The van der Waals surface area contributed by atoms with Crippen LogP contribution >= 0.6 is 15.9 Å². The second-order valence-corrected chi connectivity index (χ2v) is 5.17. The summed E-state index contributed by atoms with van der Waals surface area (Å²) in [4.78, 5) is 0. The van der Waals surface area contributed by atoms with Crippen molar-refractivity contribution in [3.8, 4) is 0 Å². The Balaban J connectivity index is 2.19. The zero-order valence-electron chi connectivity index (χ0n) is 9.12. The first-order chi connectivity index (χ1) is 7.24. The van der Waals surface area contributed by atoms with Gasteiger partial charge < -0.3 is 5.73 Å². The van der Waals surface area contributed by atoms with Crippen molar-refractivity contribution in [3.63, 3.8) is 0 Å². The molecule has 0 aromatic carbocycles. The second-order valence-electron chi connectivity index (χ2n) is 4.32. The summed E-state index contributed by atoms with van der Waals surface area (Å²) in [6.45, 7) is 3.12. The Kier molecular flexibility index (Phi) is 3.46. The van der Waals surface area contributed by atoms with Crippen LogP contribution in [-0.2, 0) is 6.54 Å². The van der Waals surface area contributed by atoms with Gasteiger partial charge in [0.2, 0.25) is 0 Å². The third kappa shape index (κ3) is 2.11. The van der Waals surface area contributed by atoms with Crippen molar-refractivity contribution in [2.24, 2.45) is 11.7 Å². The Bertz CT molecular complexity index is 331. The molecule has 3 nitrogen and oxygen atoms in total. The van der Waals surface area contributed by atoms with E-state index in [0.717, 1.165) is 17.4 Å². The first-order valence-corrected chi connectivity index (χ1v) is 6.50. The molecule has 0 bridgehead atoms. The fourth-order valence-electron chi connectivity index (χ4n) is 2.12. The third-order valence-electron chi connectivity index (χ3n) is 3.24. The Labute approximate surface area is 99.2 Å². The molecule has 0 radical (unpaired) electrons. The van der Waals surface area contributed by atoms with Crippen LogP contribution in [0, 0.1) is 5.92 Å². The Hall–Kier alpha value is -0.350. The van der Waals surface area contributed by atoms with E-state index < -0.39 is 0 Å². The standard InChI is InChI=1S/C11H18BrN3/c1-2-6-15-11(9(12)7-14-15)10(13)8-4-3-5-8/h7-8,10H,2-6,13H2,1H3. The van der Waals surface area contributed by atoms with Gasteiger partial charge in [-0.05, 0) is 41.1 Å². The summed E-state index contributed by atoms with van der Waals surface area (Å²) in [7, 11) is 0. The maximum Gasteiger partial charge on any atom is 0.0696 e. The van der Waals surface area contributed by atoms with Crippen LogP contribution in [0.15, 0.2) is 10.7 Å². The first kappa shape index (κ1) is 11.1. The van der Waals surface area contributed by atoms with Crippen molar-refractivity contribution < 1.29 is 0 Å². The Morgan fingerprint density at radius 3 is 2.93 bits per heavy atom. The normalized spacial score (nSPS) is 18.9. The van der Waals surface area contributed by atoms with Gasteiger partial charge in [0, 0.05) is 6.54 Å². The molecule has 1 unspecified atom stereocenters. The molecule has 0 saturated heterocycles. The molecule has 1 aliphatic carbocycles. The lowest BCUT2D eigenvalue weighted by atomic mass is 9.79. The van der Waals surface area contributed by atoms with Crippen LogP contribution in [0.2, 0.25) is 0 Å². The molecule has 1 aromatic heterocycles. The molecule has 1 aliphatic rings. The van der Waals surface area contributed by atoms with Crippen LogP contribution in [0.4, 0.5) is 0 Å². The molecule has 4 heteroatoms. The molecule has 2 N–H and O–H groups in total. The van der Waals surface area contributed by atoms with Gasteiger partial charge in [-0.25, -0.2) is 0 Å². The van der Waals surface area contributed by atoms with Gasteiger partial charge in [-0.15, -0.1) is 0 Å². The van der Waals surface area contributed by atoms with Crippen LogP contribution in [-0.4, -0.2) is 9.78 Å². The van der Waals surface area contributed by atoms with Gasteiger partial charge in [-0.1, -0.05) is 13.3 Å². The quantitative estimate of drug-likeness (QED) is 0.915. The number of nitrogens with two attached hydrogens (primary N) is 1. The largest absolute Gasteiger partial charge is 0.322 e. The van der Waals surface area contributed by atoms with E-state index in [2.05, 4.69) is 28.0 Å². The molecular formula is C11H18BrN3. The predicted octanol–water partition coefficient (Wildman–Crippen LogP) is 2.86. The highest BCUT2D eigenvalue weighted by molar-refractivity contribution is 9.10. The van der Waals surface area contributed by atoms with E-state index in [-0.39, 0.29) is 6.04 Å². The van der Waals surface area contributed by atoms with Crippen molar-refractivity contribution in [3.05, 3.63) is 16.4 Å². The zero-order valence-corrected chi connectivity index (χ0v) is 10.7. The molecule has 1 heterocycles. The number of hydrogen-bond acceptors (Lipinski definition) is 2.